The monoisotopic (exact) mass is 525 g/mol. The van der Waals surface area contributed by atoms with Crippen molar-refractivity contribution in [1.82, 2.24) is 19.8 Å². The van der Waals surface area contributed by atoms with Crippen LogP contribution < -0.4 is 10.6 Å². The first-order valence-corrected chi connectivity index (χ1v) is 13.5. The minimum absolute atomic E-state index is 0.0320. The largest absolute Gasteiger partial charge is 0.369 e. The zero-order valence-corrected chi connectivity index (χ0v) is 22.5. The fraction of sp³-hybridized carbons (Fsp3) is 0.367. The first-order valence-electron chi connectivity index (χ1n) is 13.5. The summed E-state index contributed by atoms with van der Waals surface area (Å²) in [6.45, 7) is 7.04. The summed E-state index contributed by atoms with van der Waals surface area (Å²) in [7, 11) is 0. The molecule has 9 nitrogen and oxygen atoms in total. The molecule has 0 aliphatic carbocycles. The molecule has 0 bridgehead atoms. The predicted molar refractivity (Wildman–Crippen MR) is 151 cm³/mol. The molecule has 0 radical (unpaired) electrons. The minimum Gasteiger partial charge on any atom is -0.369 e. The highest BCUT2D eigenvalue weighted by atomic mass is 16.2. The number of benzene rings is 2. The van der Waals surface area contributed by atoms with Gasteiger partial charge in [0.2, 0.25) is 5.95 Å². The van der Waals surface area contributed by atoms with E-state index in [1.165, 1.54) is 0 Å². The first-order chi connectivity index (χ1) is 18.9. The van der Waals surface area contributed by atoms with Crippen LogP contribution in [-0.2, 0) is 16.9 Å². The van der Waals surface area contributed by atoms with E-state index in [1.54, 1.807) is 23.4 Å². The van der Waals surface area contributed by atoms with Crippen molar-refractivity contribution in [1.29, 1.82) is 0 Å². The van der Waals surface area contributed by atoms with E-state index in [9.17, 15) is 9.59 Å². The molecule has 202 valence electrons. The Morgan fingerprint density at radius 1 is 0.974 bits per heavy atom. The molecule has 2 aliphatic rings. The van der Waals surface area contributed by atoms with Crippen molar-refractivity contribution < 1.29 is 9.59 Å². The smallest absolute Gasteiger partial charge is 0.262 e. The van der Waals surface area contributed by atoms with E-state index in [2.05, 4.69) is 28.7 Å². The number of rotatable bonds is 8. The van der Waals surface area contributed by atoms with Crippen molar-refractivity contribution in [3.05, 3.63) is 89.7 Å². The Kier molecular flexibility index (Phi) is 7.58. The molecule has 3 aromatic rings. The molecule has 1 atom stereocenters. The molecule has 5 rings (SSSR count). The molecule has 3 heterocycles. The van der Waals surface area contributed by atoms with Gasteiger partial charge >= 0.3 is 0 Å². The number of nitrogens with two attached hydrogens (primary N) is 1. The van der Waals surface area contributed by atoms with E-state index in [0.717, 1.165) is 17.5 Å². The lowest BCUT2D eigenvalue weighted by molar-refractivity contribution is -0.132. The molecule has 2 N–H and O–H groups in total. The molecule has 1 aromatic heterocycles. The van der Waals surface area contributed by atoms with Gasteiger partial charge in [-0.2, -0.15) is 0 Å². The Labute approximate surface area is 229 Å². The third-order valence-electron chi connectivity index (χ3n) is 7.43. The second-order valence-electron chi connectivity index (χ2n) is 10.5. The zero-order valence-electron chi connectivity index (χ0n) is 22.5. The van der Waals surface area contributed by atoms with Gasteiger partial charge in [-0.25, -0.2) is 15.0 Å². The highest BCUT2D eigenvalue weighted by Gasteiger charge is 2.48. The molecule has 2 aromatic carbocycles. The van der Waals surface area contributed by atoms with E-state index in [4.69, 9.17) is 10.7 Å². The number of hydrogen-bond donors (Lipinski definition) is 1. The summed E-state index contributed by atoms with van der Waals surface area (Å²) in [6.07, 6.45) is 4.88. The molecule has 0 saturated carbocycles. The summed E-state index contributed by atoms with van der Waals surface area (Å²) in [5.41, 5.74) is 7.63. The molecule has 9 heteroatoms. The quantitative estimate of drug-likeness (QED) is 0.483. The summed E-state index contributed by atoms with van der Waals surface area (Å²) < 4.78 is 0. The summed E-state index contributed by atoms with van der Waals surface area (Å²) in [6, 6.07) is 18.9. The molecule has 1 saturated heterocycles. The van der Waals surface area contributed by atoms with E-state index in [1.807, 2.05) is 59.5 Å². The topological polar surface area (TPSA) is 108 Å². The third-order valence-corrected chi connectivity index (χ3v) is 7.43. The van der Waals surface area contributed by atoms with Gasteiger partial charge < -0.3 is 15.5 Å². The Bertz CT molecular complexity index is 1340. The number of carbonyl (C=O) groups is 2. The molecule has 1 unspecified atom stereocenters. The lowest BCUT2D eigenvalue weighted by Gasteiger charge is -2.34. The van der Waals surface area contributed by atoms with Crippen molar-refractivity contribution in [2.45, 2.75) is 38.8 Å². The molecule has 0 spiro atoms. The summed E-state index contributed by atoms with van der Waals surface area (Å²) in [5, 5.41) is 0. The van der Waals surface area contributed by atoms with Gasteiger partial charge in [0.25, 0.3) is 11.8 Å². The number of carbonyl (C=O) groups excluding carboxylic acids is 2. The first kappa shape index (κ1) is 26.3. The number of amides is 2. The van der Waals surface area contributed by atoms with Crippen molar-refractivity contribution in [3.8, 4) is 0 Å². The van der Waals surface area contributed by atoms with Gasteiger partial charge in [0.1, 0.15) is 0 Å². The number of hydrogen-bond acceptors (Lipinski definition) is 7. The second-order valence-corrected chi connectivity index (χ2v) is 10.5. The number of nitrogens with zero attached hydrogens (tertiary/aromatic N) is 6. The fourth-order valence-corrected chi connectivity index (χ4v) is 5.22. The van der Waals surface area contributed by atoms with Crippen LogP contribution in [0.15, 0.2) is 78.0 Å². The highest BCUT2D eigenvalue weighted by Crippen LogP contribution is 2.38. The number of anilines is 1. The maximum absolute atomic E-state index is 13.9. The van der Waals surface area contributed by atoms with Gasteiger partial charge in [-0.15, -0.1) is 0 Å². The van der Waals surface area contributed by atoms with Crippen LogP contribution in [0.3, 0.4) is 0 Å². The van der Waals surface area contributed by atoms with Gasteiger partial charge in [-0.05, 0) is 48.1 Å². The van der Waals surface area contributed by atoms with Gasteiger partial charge in [0.05, 0.1) is 6.54 Å². The Hall–Kier alpha value is -4.27. The van der Waals surface area contributed by atoms with Crippen molar-refractivity contribution in [3.63, 3.8) is 0 Å². The van der Waals surface area contributed by atoms with Crippen LogP contribution >= 0.6 is 0 Å². The van der Waals surface area contributed by atoms with Crippen molar-refractivity contribution in [2.24, 2.45) is 16.6 Å². The van der Waals surface area contributed by atoms with Crippen LogP contribution in [0.2, 0.25) is 0 Å². The van der Waals surface area contributed by atoms with Gasteiger partial charge in [0.15, 0.2) is 11.5 Å². The summed E-state index contributed by atoms with van der Waals surface area (Å²) >= 11 is 0. The van der Waals surface area contributed by atoms with Crippen LogP contribution in [0, 0.1) is 5.92 Å². The normalized spacial score (nSPS) is 19.5. The number of piperazine rings is 1. The van der Waals surface area contributed by atoms with Crippen molar-refractivity contribution in [2.75, 3.05) is 31.1 Å². The second kappa shape index (κ2) is 11.2. The molecule has 39 heavy (non-hydrogen) atoms. The molecular weight excluding hydrogens is 490 g/mol. The van der Waals surface area contributed by atoms with Crippen LogP contribution in [0.5, 0.6) is 0 Å². The van der Waals surface area contributed by atoms with E-state index in [-0.39, 0.29) is 24.3 Å². The van der Waals surface area contributed by atoms with Crippen LogP contribution in [-0.4, -0.2) is 63.7 Å². The average Bonchev–Trinajstić information content (AvgIpc) is 3.22. The van der Waals surface area contributed by atoms with Crippen LogP contribution in [0.1, 0.15) is 48.2 Å². The van der Waals surface area contributed by atoms with Crippen molar-refractivity contribution >= 4 is 23.7 Å². The zero-order chi connectivity index (χ0) is 27.4. The number of guanidine groups is 1. The van der Waals surface area contributed by atoms with E-state index in [0.29, 0.717) is 50.0 Å². The molecule has 1 fully saturated rings. The lowest BCUT2D eigenvalue weighted by Crippen LogP contribution is -2.49. The fourth-order valence-electron chi connectivity index (χ4n) is 5.22. The molecular formula is C30H35N7O2. The molecule has 2 aliphatic heterocycles. The van der Waals surface area contributed by atoms with E-state index < -0.39 is 5.54 Å². The van der Waals surface area contributed by atoms with Crippen LogP contribution in [0.4, 0.5) is 5.95 Å². The van der Waals surface area contributed by atoms with Gasteiger partial charge in [-0.1, -0.05) is 56.3 Å². The maximum Gasteiger partial charge on any atom is 0.262 e. The van der Waals surface area contributed by atoms with Crippen LogP contribution in [0.25, 0.3) is 0 Å². The van der Waals surface area contributed by atoms with E-state index >= 15 is 0 Å². The maximum atomic E-state index is 13.9. The Morgan fingerprint density at radius 2 is 1.69 bits per heavy atom. The Morgan fingerprint density at radius 3 is 2.38 bits per heavy atom. The third kappa shape index (κ3) is 5.48. The molecule has 2 amide bonds. The number of aromatic nitrogens is 2. The summed E-state index contributed by atoms with van der Waals surface area (Å²) in [5.74, 6) is 1.16. The highest BCUT2D eigenvalue weighted by molar-refractivity contribution is 6.07. The number of aliphatic imine (C=N–C) groups is 1. The van der Waals surface area contributed by atoms with Gasteiger partial charge in [-0.3, -0.25) is 14.5 Å². The lowest BCUT2D eigenvalue weighted by atomic mass is 9.83. The van der Waals surface area contributed by atoms with Gasteiger partial charge in [0, 0.05) is 44.1 Å². The summed E-state index contributed by atoms with van der Waals surface area (Å²) in [4.78, 5) is 46.1. The Balaban J connectivity index is 1.29. The average molecular weight is 526 g/mol. The minimum atomic E-state index is -1.02. The predicted octanol–water partition coefficient (Wildman–Crippen LogP) is 3.43. The SMILES string of the molecule is CC(C)CCC1(c2ccccc2)N=C(N)N(Cc2cccc(C(=O)N3CCN(c4ncccn4)CC3)c2)C1=O. The standard InChI is InChI=1S/C30H35N7O2/c1-22(2)12-13-30(25-10-4-3-5-11-25)27(39)37(28(31)34-30)21-23-8-6-9-24(20-23)26(38)35-16-18-36(19-17-35)29-32-14-7-15-33-29/h3-11,14-15,20,22H,12-13,16-19,21H2,1-2H3,(H2,31,34).